The fourth-order valence-electron chi connectivity index (χ4n) is 1.52. The number of nitrogens with one attached hydrogen (secondary N) is 1. The molecule has 3 nitrogen and oxygen atoms in total. The Hall–Kier alpha value is -1.07. The summed E-state index contributed by atoms with van der Waals surface area (Å²) < 4.78 is 6.85. The smallest absolute Gasteiger partial charge is 0.252 e. The largest absolute Gasteiger partial charge is 0.469 e. The molecule has 1 N–H and O–H groups in total. The molecule has 0 aliphatic rings. The third kappa shape index (κ3) is 3.46. The maximum absolute atomic E-state index is 12.0. The van der Waals surface area contributed by atoms with Crippen molar-refractivity contribution in [1.82, 2.24) is 5.32 Å². The fourth-order valence-corrected chi connectivity index (χ4v) is 2.31. The van der Waals surface area contributed by atoms with Crippen LogP contribution in [0.2, 0.25) is 0 Å². The maximum Gasteiger partial charge on any atom is 0.252 e. The molecule has 0 bridgehead atoms. The van der Waals surface area contributed by atoms with E-state index in [2.05, 4.69) is 37.2 Å². The molecule has 0 aliphatic carbocycles. The maximum atomic E-state index is 12.0. The summed E-state index contributed by atoms with van der Waals surface area (Å²) in [6, 6.07) is 9.23. The molecule has 1 heterocycles. The molecule has 1 aromatic heterocycles. The van der Waals surface area contributed by atoms with Crippen molar-refractivity contribution in [1.29, 1.82) is 0 Å². The number of hydrogen-bond acceptors (Lipinski definition) is 2. The van der Waals surface area contributed by atoms with E-state index in [-0.39, 0.29) is 5.91 Å². The zero-order valence-electron chi connectivity index (χ0n) is 9.45. The van der Waals surface area contributed by atoms with E-state index in [9.17, 15) is 4.79 Å². The van der Waals surface area contributed by atoms with Crippen LogP contribution in [-0.4, -0.2) is 12.5 Å². The van der Waals surface area contributed by atoms with E-state index in [0.717, 1.165) is 14.7 Å². The number of carbonyl (C=O) groups is 1. The molecular formula is C13H11Br2NO2. The zero-order chi connectivity index (χ0) is 13.0. The second-order valence-corrected chi connectivity index (χ2v) is 5.48. The van der Waals surface area contributed by atoms with Crippen molar-refractivity contribution in [3.63, 3.8) is 0 Å². The third-order valence-corrected chi connectivity index (χ3v) is 3.59. The number of benzene rings is 1. The van der Waals surface area contributed by atoms with Gasteiger partial charge < -0.3 is 9.73 Å². The number of hydrogen-bond donors (Lipinski definition) is 1. The first kappa shape index (κ1) is 13.4. The molecule has 0 radical (unpaired) electrons. The quantitative estimate of drug-likeness (QED) is 0.887. The summed E-state index contributed by atoms with van der Waals surface area (Å²) in [5.74, 6) is 0.762. The molecule has 2 aromatic rings. The number of carbonyl (C=O) groups excluding carboxylic acids is 1. The van der Waals surface area contributed by atoms with E-state index in [1.54, 1.807) is 12.3 Å². The molecule has 18 heavy (non-hydrogen) atoms. The van der Waals surface area contributed by atoms with Gasteiger partial charge in [-0.25, -0.2) is 0 Å². The van der Waals surface area contributed by atoms with Crippen molar-refractivity contribution < 1.29 is 9.21 Å². The minimum absolute atomic E-state index is 0.102. The van der Waals surface area contributed by atoms with Crippen LogP contribution in [0.3, 0.4) is 0 Å². The van der Waals surface area contributed by atoms with E-state index in [1.165, 1.54) is 0 Å². The predicted molar refractivity (Wildman–Crippen MR) is 76.6 cm³/mol. The number of furan rings is 1. The standard InChI is InChI=1S/C13H11Br2NO2/c14-9-3-4-12(15)11(8-9)13(17)16-6-5-10-2-1-7-18-10/h1-4,7-8H,5-6H2,(H,16,17). The van der Waals surface area contributed by atoms with Crippen LogP contribution in [0.1, 0.15) is 16.1 Å². The Balaban J connectivity index is 1.93. The Kier molecular flexibility index (Phi) is 4.60. The van der Waals surface area contributed by atoms with E-state index < -0.39 is 0 Å². The average molecular weight is 373 g/mol. The molecule has 0 atom stereocenters. The summed E-state index contributed by atoms with van der Waals surface area (Å²) in [5.41, 5.74) is 0.615. The van der Waals surface area contributed by atoms with Gasteiger partial charge in [0.1, 0.15) is 5.76 Å². The summed E-state index contributed by atoms with van der Waals surface area (Å²) >= 11 is 6.71. The van der Waals surface area contributed by atoms with Gasteiger partial charge in [-0.3, -0.25) is 4.79 Å². The molecule has 5 heteroatoms. The van der Waals surface area contributed by atoms with Crippen LogP contribution in [0.15, 0.2) is 50.0 Å². The van der Waals surface area contributed by atoms with Gasteiger partial charge in [0.15, 0.2) is 0 Å². The first-order valence-corrected chi connectivity index (χ1v) is 7.01. The van der Waals surface area contributed by atoms with Gasteiger partial charge in [-0.15, -0.1) is 0 Å². The lowest BCUT2D eigenvalue weighted by atomic mass is 10.2. The van der Waals surface area contributed by atoms with Crippen molar-refractivity contribution in [2.24, 2.45) is 0 Å². The molecule has 94 valence electrons. The van der Waals surface area contributed by atoms with Crippen molar-refractivity contribution in [2.45, 2.75) is 6.42 Å². The van der Waals surface area contributed by atoms with Gasteiger partial charge in [-0.1, -0.05) is 15.9 Å². The van der Waals surface area contributed by atoms with Gasteiger partial charge >= 0.3 is 0 Å². The second-order valence-electron chi connectivity index (χ2n) is 3.71. The Morgan fingerprint density at radius 3 is 2.83 bits per heavy atom. The normalized spacial score (nSPS) is 10.3. The van der Waals surface area contributed by atoms with E-state index in [1.807, 2.05) is 24.3 Å². The highest BCUT2D eigenvalue weighted by Gasteiger charge is 2.10. The topological polar surface area (TPSA) is 42.2 Å². The van der Waals surface area contributed by atoms with Gasteiger partial charge in [-0.2, -0.15) is 0 Å². The van der Waals surface area contributed by atoms with Crippen molar-refractivity contribution in [3.8, 4) is 0 Å². The summed E-state index contributed by atoms with van der Waals surface area (Å²) in [7, 11) is 0. The summed E-state index contributed by atoms with van der Waals surface area (Å²) in [4.78, 5) is 12.0. The molecule has 0 spiro atoms. The summed E-state index contributed by atoms with van der Waals surface area (Å²) in [6.07, 6.45) is 2.31. The molecule has 0 saturated carbocycles. The Morgan fingerprint density at radius 1 is 1.28 bits per heavy atom. The molecular weight excluding hydrogens is 362 g/mol. The molecule has 2 rings (SSSR count). The SMILES string of the molecule is O=C(NCCc1ccco1)c1cc(Br)ccc1Br. The van der Waals surface area contributed by atoms with Gasteiger partial charge in [0.05, 0.1) is 11.8 Å². The zero-order valence-corrected chi connectivity index (χ0v) is 12.6. The van der Waals surface area contributed by atoms with Crippen LogP contribution < -0.4 is 5.32 Å². The highest BCUT2D eigenvalue weighted by atomic mass is 79.9. The summed E-state index contributed by atoms with van der Waals surface area (Å²) in [5, 5.41) is 2.86. The molecule has 0 saturated heterocycles. The van der Waals surface area contributed by atoms with E-state index >= 15 is 0 Å². The van der Waals surface area contributed by atoms with Crippen molar-refractivity contribution >= 4 is 37.8 Å². The molecule has 0 fully saturated rings. The van der Waals surface area contributed by atoms with Crippen LogP contribution in [0, 0.1) is 0 Å². The van der Waals surface area contributed by atoms with Gasteiger partial charge in [0, 0.05) is 21.9 Å². The first-order valence-electron chi connectivity index (χ1n) is 5.42. The molecule has 0 unspecified atom stereocenters. The Labute approximate surface area is 122 Å². The van der Waals surface area contributed by atoms with Crippen molar-refractivity contribution in [2.75, 3.05) is 6.54 Å². The number of amides is 1. The molecule has 1 aromatic carbocycles. The second kappa shape index (κ2) is 6.20. The Morgan fingerprint density at radius 2 is 2.11 bits per heavy atom. The monoisotopic (exact) mass is 371 g/mol. The van der Waals surface area contributed by atoms with E-state index in [0.29, 0.717) is 18.5 Å². The first-order chi connectivity index (χ1) is 8.66. The Bertz CT molecular complexity index is 538. The van der Waals surface area contributed by atoms with Crippen LogP contribution in [0.5, 0.6) is 0 Å². The van der Waals surface area contributed by atoms with Crippen LogP contribution in [0.25, 0.3) is 0 Å². The predicted octanol–water partition coefficient (Wildman–Crippen LogP) is 3.78. The highest BCUT2D eigenvalue weighted by molar-refractivity contribution is 9.11. The number of halogens is 2. The third-order valence-electron chi connectivity index (χ3n) is 2.41. The lowest BCUT2D eigenvalue weighted by Crippen LogP contribution is -2.25. The molecule has 1 amide bonds. The average Bonchev–Trinajstić information content (AvgIpc) is 2.85. The van der Waals surface area contributed by atoms with Crippen LogP contribution >= 0.6 is 31.9 Å². The van der Waals surface area contributed by atoms with Crippen LogP contribution in [-0.2, 0) is 6.42 Å². The molecule has 0 aliphatic heterocycles. The lowest BCUT2D eigenvalue weighted by molar-refractivity contribution is 0.0953. The fraction of sp³-hybridized carbons (Fsp3) is 0.154. The van der Waals surface area contributed by atoms with E-state index in [4.69, 9.17) is 4.42 Å². The summed E-state index contributed by atoms with van der Waals surface area (Å²) in [6.45, 7) is 0.547. The van der Waals surface area contributed by atoms with Crippen LogP contribution in [0.4, 0.5) is 0 Å². The minimum Gasteiger partial charge on any atom is -0.469 e. The van der Waals surface area contributed by atoms with Gasteiger partial charge in [0.2, 0.25) is 0 Å². The lowest BCUT2D eigenvalue weighted by Gasteiger charge is -2.06. The van der Waals surface area contributed by atoms with Gasteiger partial charge in [-0.05, 0) is 46.3 Å². The number of rotatable bonds is 4. The van der Waals surface area contributed by atoms with Gasteiger partial charge in [0.25, 0.3) is 5.91 Å². The highest BCUT2D eigenvalue weighted by Crippen LogP contribution is 2.21. The minimum atomic E-state index is -0.102. The van der Waals surface area contributed by atoms with Crippen molar-refractivity contribution in [3.05, 3.63) is 56.9 Å².